The first-order valence-electron chi connectivity index (χ1n) is 14.3. The monoisotopic (exact) mass is 700 g/mol. The number of nitrogens with one attached hydrogen (secondary N) is 1. The first kappa shape index (κ1) is 34.2. The van der Waals surface area contributed by atoms with Gasteiger partial charge in [-0.1, -0.05) is 46.9 Å². The Hall–Kier alpha value is -1.72. The van der Waals surface area contributed by atoms with Gasteiger partial charge in [-0.15, -0.1) is 6.54 Å². The van der Waals surface area contributed by atoms with Crippen LogP contribution in [0.4, 0.5) is 0 Å². The maximum absolute atomic E-state index is 10.4. The summed E-state index contributed by atoms with van der Waals surface area (Å²) in [6.45, 7) is 6.21. The van der Waals surface area contributed by atoms with Crippen molar-refractivity contribution in [2.45, 2.75) is 18.6 Å². The van der Waals surface area contributed by atoms with Gasteiger partial charge in [-0.05, 0) is 66.6 Å². The number of piperazine rings is 1. The number of aliphatic hydroxyl groups excluding tert-OH is 2. The summed E-state index contributed by atoms with van der Waals surface area (Å²) in [4.78, 5) is 8.05. The van der Waals surface area contributed by atoms with E-state index in [1.165, 1.54) is 10.9 Å². The summed E-state index contributed by atoms with van der Waals surface area (Å²) in [7, 11) is 0. The fourth-order valence-corrected chi connectivity index (χ4v) is 5.78. The number of benzene rings is 3. The van der Waals surface area contributed by atoms with Crippen LogP contribution in [0, 0.1) is 0 Å². The quantitative estimate of drug-likeness (QED) is 0.201. The zero-order valence-electron chi connectivity index (χ0n) is 24.0. The zero-order valence-corrected chi connectivity index (χ0v) is 28.4. The van der Waals surface area contributed by atoms with Gasteiger partial charge in [-0.2, -0.15) is 0 Å². The van der Waals surface area contributed by atoms with E-state index in [4.69, 9.17) is 43.5 Å². The number of β-amino-alcohol motifs (C(OH)–C–C–N with tert-alkyl or cyclic N) is 2. The van der Waals surface area contributed by atoms with E-state index < -0.39 is 6.10 Å². The SMILES string of the molecule is OCCN1CCN(CC(O)COc2ccc(C3[N-]CCc4c3[nH]c3ccc(Cl)cc43)cc2)CC1.Oc1ccc(Cl)cc1.[Y]. The molecule has 3 heterocycles. The van der Waals surface area contributed by atoms with Crippen molar-refractivity contribution in [2.24, 2.45) is 0 Å². The number of ether oxygens (including phenoxy) is 1. The molecule has 0 amide bonds. The van der Waals surface area contributed by atoms with Gasteiger partial charge in [0.15, 0.2) is 0 Å². The van der Waals surface area contributed by atoms with E-state index >= 15 is 0 Å². The molecule has 0 aliphatic carbocycles. The third-order valence-corrected chi connectivity index (χ3v) is 8.15. The topological polar surface area (TPSA) is 106 Å². The van der Waals surface area contributed by atoms with Gasteiger partial charge in [0.2, 0.25) is 0 Å². The van der Waals surface area contributed by atoms with Crippen LogP contribution in [-0.4, -0.2) is 95.2 Å². The number of hydrogen-bond donors (Lipinski definition) is 4. The van der Waals surface area contributed by atoms with E-state index in [1.807, 2.05) is 30.3 Å². The first-order valence-corrected chi connectivity index (χ1v) is 15.0. The number of H-pyrrole nitrogens is 1. The molecule has 4 N–H and O–H groups in total. The number of fused-ring (bicyclic) bond motifs is 3. The Morgan fingerprint density at radius 3 is 2.28 bits per heavy atom. The van der Waals surface area contributed by atoms with Crippen LogP contribution in [0.2, 0.25) is 10.0 Å². The Bertz CT molecular complexity index is 1410. The average molecular weight is 701 g/mol. The molecule has 6 rings (SSSR count). The van der Waals surface area contributed by atoms with Crippen LogP contribution in [0.1, 0.15) is 22.9 Å². The van der Waals surface area contributed by atoms with E-state index in [0.29, 0.717) is 11.6 Å². The largest absolute Gasteiger partial charge is 0.650 e. The van der Waals surface area contributed by atoms with Crippen LogP contribution in [0.25, 0.3) is 16.2 Å². The number of nitrogens with zero attached hydrogens (tertiary/aromatic N) is 3. The van der Waals surface area contributed by atoms with E-state index in [9.17, 15) is 5.11 Å². The molecule has 0 spiro atoms. The summed E-state index contributed by atoms with van der Waals surface area (Å²) >= 11 is 11.7. The number of rotatable bonds is 8. The fourth-order valence-electron chi connectivity index (χ4n) is 5.48. The van der Waals surface area contributed by atoms with Gasteiger partial charge in [-0.25, -0.2) is 0 Å². The van der Waals surface area contributed by atoms with Crippen LogP contribution in [0.15, 0.2) is 66.7 Å². The van der Waals surface area contributed by atoms with Gasteiger partial charge in [0.05, 0.1) is 6.61 Å². The number of aromatic hydroxyl groups is 1. The molecule has 8 nitrogen and oxygen atoms in total. The van der Waals surface area contributed by atoms with Crippen LogP contribution in [0.5, 0.6) is 11.5 Å². The molecule has 2 aliphatic rings. The molecule has 0 saturated carbocycles. The van der Waals surface area contributed by atoms with Gasteiger partial charge in [0.25, 0.3) is 0 Å². The summed E-state index contributed by atoms with van der Waals surface area (Å²) in [5, 5.41) is 35.7. The summed E-state index contributed by atoms with van der Waals surface area (Å²) in [6.07, 6.45) is 0.375. The van der Waals surface area contributed by atoms with Gasteiger partial charge < -0.3 is 30.4 Å². The van der Waals surface area contributed by atoms with Gasteiger partial charge in [0, 0.05) is 98.6 Å². The van der Waals surface area contributed by atoms with Crippen molar-refractivity contribution in [3.05, 3.63) is 98.9 Å². The van der Waals surface area contributed by atoms with Crippen molar-refractivity contribution in [1.82, 2.24) is 14.8 Å². The second-order valence-electron chi connectivity index (χ2n) is 10.6. The number of aromatic amines is 1. The number of halogens is 2. The number of aliphatic hydroxyl groups is 2. The van der Waals surface area contributed by atoms with Crippen molar-refractivity contribution in [3.63, 3.8) is 0 Å². The molecule has 1 fully saturated rings. The van der Waals surface area contributed by atoms with Crippen LogP contribution >= 0.6 is 23.2 Å². The molecule has 11 heteroatoms. The summed E-state index contributed by atoms with van der Waals surface area (Å²) < 4.78 is 5.87. The number of phenols is 1. The zero-order chi connectivity index (χ0) is 29.5. The number of hydrogen-bond acceptors (Lipinski definition) is 6. The molecule has 1 radical (unpaired) electrons. The Kier molecular flexibility index (Phi) is 13.2. The summed E-state index contributed by atoms with van der Waals surface area (Å²) in [6, 6.07) is 20.3. The summed E-state index contributed by atoms with van der Waals surface area (Å²) in [5.74, 6) is 0.990. The van der Waals surface area contributed by atoms with Crippen molar-refractivity contribution >= 4 is 34.1 Å². The Balaban J connectivity index is 0.000000409. The van der Waals surface area contributed by atoms with Gasteiger partial charge >= 0.3 is 0 Å². The minimum absolute atomic E-state index is 0. The second-order valence-corrected chi connectivity index (χ2v) is 11.5. The number of phenolic OH excluding ortho intramolecular Hbond substituents is 1. The molecule has 2 atom stereocenters. The van der Waals surface area contributed by atoms with E-state index in [1.54, 1.807) is 24.3 Å². The van der Waals surface area contributed by atoms with E-state index in [-0.39, 0.29) is 57.7 Å². The standard InChI is InChI=1S/C26H32ClN4O3.C6H5ClO.Y/c27-19-3-6-24-23(15-19)22-7-8-28-25(26(22)29-24)18-1-4-21(5-2-18)34-17-20(33)16-31-11-9-30(10-12-31)13-14-32;7-5-1-3-6(8)4-2-5;/h1-6,15,20,25,29,32-33H,7-14,16-17H2;1-4,8H;/q-1;;. The minimum atomic E-state index is -0.543. The summed E-state index contributed by atoms with van der Waals surface area (Å²) in [5.41, 5.74) is 4.66. The molecule has 3 aromatic carbocycles. The third kappa shape index (κ3) is 9.39. The fraction of sp³-hybridized carbons (Fsp3) is 0.375. The molecule has 2 unspecified atom stereocenters. The van der Waals surface area contributed by atoms with Crippen molar-refractivity contribution in [2.75, 3.05) is 59.0 Å². The van der Waals surface area contributed by atoms with E-state index in [2.05, 4.69) is 26.9 Å². The van der Waals surface area contributed by atoms with Gasteiger partial charge in [-0.3, -0.25) is 9.80 Å². The van der Waals surface area contributed by atoms with Gasteiger partial charge in [0.1, 0.15) is 24.2 Å². The Morgan fingerprint density at radius 1 is 0.930 bits per heavy atom. The molecule has 1 saturated heterocycles. The predicted molar refractivity (Wildman–Crippen MR) is 168 cm³/mol. The molecule has 1 aromatic heterocycles. The first-order chi connectivity index (χ1) is 20.4. The minimum Gasteiger partial charge on any atom is -0.650 e. The molecule has 0 bridgehead atoms. The number of aromatic nitrogens is 1. The smallest absolute Gasteiger partial charge is 0.119 e. The maximum atomic E-state index is 10.4. The molecule has 227 valence electrons. The Morgan fingerprint density at radius 2 is 1.60 bits per heavy atom. The van der Waals surface area contributed by atoms with Crippen molar-refractivity contribution < 1.29 is 52.8 Å². The maximum Gasteiger partial charge on any atom is 0.119 e. The second kappa shape index (κ2) is 16.6. The molecule has 4 aromatic rings. The van der Waals surface area contributed by atoms with E-state index in [0.717, 1.165) is 73.2 Å². The Labute approximate surface area is 287 Å². The molecule has 2 aliphatic heterocycles. The van der Waals surface area contributed by atoms with Crippen LogP contribution in [0.3, 0.4) is 0 Å². The molecular weight excluding hydrogens is 664 g/mol. The predicted octanol–water partition coefficient (Wildman–Crippen LogP) is 5.23. The van der Waals surface area contributed by atoms with Crippen LogP contribution in [-0.2, 0) is 39.1 Å². The molecular formula is C32H37Cl2N4O4Y-. The molecule has 43 heavy (non-hydrogen) atoms. The van der Waals surface area contributed by atoms with Crippen molar-refractivity contribution in [1.29, 1.82) is 0 Å². The average Bonchev–Trinajstić information content (AvgIpc) is 3.37. The van der Waals surface area contributed by atoms with Crippen LogP contribution < -0.4 is 4.74 Å². The third-order valence-electron chi connectivity index (χ3n) is 7.66. The van der Waals surface area contributed by atoms with Crippen molar-refractivity contribution in [3.8, 4) is 11.5 Å². The normalized spacial score (nSPS) is 17.8.